The number of carboxylic acids is 1. The summed E-state index contributed by atoms with van der Waals surface area (Å²) in [5, 5.41) is 15.5. The number of piperidine rings is 1. The zero-order valence-corrected chi connectivity index (χ0v) is 11.9. The van der Waals surface area contributed by atoms with Gasteiger partial charge in [0, 0.05) is 25.2 Å². The number of aromatic nitrogens is 2. The van der Waals surface area contributed by atoms with Crippen LogP contribution in [-0.2, 0) is 4.79 Å². The molecular weight excluding hydrogens is 258 g/mol. The van der Waals surface area contributed by atoms with Gasteiger partial charge in [-0.2, -0.15) is 5.10 Å². The van der Waals surface area contributed by atoms with Crippen molar-refractivity contribution in [1.29, 1.82) is 0 Å². The molecule has 0 aliphatic carbocycles. The van der Waals surface area contributed by atoms with Gasteiger partial charge in [-0.3, -0.25) is 14.7 Å². The van der Waals surface area contributed by atoms with Crippen LogP contribution in [0.2, 0.25) is 0 Å². The maximum atomic E-state index is 12.4. The summed E-state index contributed by atoms with van der Waals surface area (Å²) in [5.41, 5.74) is 1.38. The maximum absolute atomic E-state index is 12.4. The van der Waals surface area contributed by atoms with Crippen molar-refractivity contribution in [3.8, 4) is 0 Å². The molecule has 1 aromatic heterocycles. The molecule has 20 heavy (non-hydrogen) atoms. The third-order valence-electron chi connectivity index (χ3n) is 4.11. The molecule has 6 heteroatoms. The van der Waals surface area contributed by atoms with E-state index in [1.807, 2.05) is 18.7 Å². The van der Waals surface area contributed by atoms with E-state index in [1.165, 1.54) is 0 Å². The van der Waals surface area contributed by atoms with Crippen LogP contribution in [0.1, 0.15) is 42.2 Å². The molecule has 2 rings (SSSR count). The van der Waals surface area contributed by atoms with Crippen molar-refractivity contribution < 1.29 is 14.7 Å². The molecule has 2 unspecified atom stereocenters. The van der Waals surface area contributed by atoms with E-state index in [2.05, 4.69) is 10.2 Å². The number of aryl methyl sites for hydroxylation is 1. The van der Waals surface area contributed by atoms with Crippen LogP contribution in [0.25, 0.3) is 0 Å². The third-order valence-corrected chi connectivity index (χ3v) is 4.11. The number of carbonyl (C=O) groups excluding carboxylic acids is 1. The van der Waals surface area contributed by atoms with Gasteiger partial charge < -0.3 is 10.0 Å². The van der Waals surface area contributed by atoms with Crippen molar-refractivity contribution in [2.75, 3.05) is 13.1 Å². The Kier molecular flexibility index (Phi) is 4.42. The lowest BCUT2D eigenvalue weighted by atomic mass is 9.84. The van der Waals surface area contributed by atoms with Crippen LogP contribution >= 0.6 is 0 Å². The number of amides is 1. The first kappa shape index (κ1) is 14.6. The van der Waals surface area contributed by atoms with Gasteiger partial charge in [0.15, 0.2) is 0 Å². The molecule has 0 saturated carbocycles. The molecule has 1 amide bonds. The molecule has 1 aliphatic rings. The van der Waals surface area contributed by atoms with Gasteiger partial charge >= 0.3 is 5.97 Å². The molecule has 0 bridgehead atoms. The predicted molar refractivity (Wildman–Crippen MR) is 73.4 cm³/mol. The molecule has 6 nitrogen and oxygen atoms in total. The molecule has 1 aromatic rings. The minimum atomic E-state index is -0.772. The summed E-state index contributed by atoms with van der Waals surface area (Å²) in [7, 11) is 0. The van der Waals surface area contributed by atoms with Crippen LogP contribution < -0.4 is 0 Å². The number of hydrogen-bond acceptors (Lipinski definition) is 3. The fraction of sp³-hybridized carbons (Fsp3) is 0.643. The Hall–Kier alpha value is -1.85. The Balaban J connectivity index is 2.02. The summed E-state index contributed by atoms with van der Waals surface area (Å²) >= 11 is 0. The van der Waals surface area contributed by atoms with Gasteiger partial charge in [-0.05, 0) is 31.6 Å². The van der Waals surface area contributed by atoms with Crippen molar-refractivity contribution in [1.82, 2.24) is 15.1 Å². The zero-order chi connectivity index (χ0) is 14.7. The first-order chi connectivity index (χ1) is 9.49. The number of nitrogens with zero attached hydrogens (tertiary/aromatic N) is 2. The van der Waals surface area contributed by atoms with Gasteiger partial charge in [-0.25, -0.2) is 0 Å². The van der Waals surface area contributed by atoms with Gasteiger partial charge in [0.25, 0.3) is 5.91 Å². The zero-order valence-electron chi connectivity index (χ0n) is 11.9. The van der Waals surface area contributed by atoms with Gasteiger partial charge in [0.2, 0.25) is 0 Å². The molecule has 110 valence electrons. The van der Waals surface area contributed by atoms with Crippen LogP contribution in [0.4, 0.5) is 0 Å². The molecule has 0 radical (unpaired) electrons. The number of H-pyrrole nitrogens is 1. The highest BCUT2D eigenvalue weighted by atomic mass is 16.4. The van der Waals surface area contributed by atoms with E-state index >= 15 is 0 Å². The first-order valence-corrected chi connectivity index (χ1v) is 7.00. The molecule has 0 spiro atoms. The molecule has 2 atom stereocenters. The van der Waals surface area contributed by atoms with Crippen LogP contribution in [0, 0.1) is 18.8 Å². The molecular formula is C14H21N3O3. The first-order valence-electron chi connectivity index (χ1n) is 7.00. The van der Waals surface area contributed by atoms with Crippen LogP contribution in [0.5, 0.6) is 0 Å². The predicted octanol–water partition coefficient (Wildman–Crippen LogP) is 1.68. The highest BCUT2D eigenvalue weighted by Crippen LogP contribution is 2.27. The van der Waals surface area contributed by atoms with Crippen LogP contribution in [0.3, 0.4) is 0 Å². The largest absolute Gasteiger partial charge is 0.481 e. The third kappa shape index (κ3) is 3.18. The standard InChI is InChI=1S/C14H21N3O3/c1-9(6-13(18)19)11-4-3-5-17(8-11)14(20)12-7-15-16-10(12)2/h7,9,11H,3-6,8H2,1-2H3,(H,15,16)(H,18,19). The van der Waals surface area contributed by atoms with Crippen LogP contribution in [-0.4, -0.2) is 45.2 Å². The SMILES string of the molecule is Cc1[nH]ncc1C(=O)N1CCCC(C(C)CC(=O)O)C1. The minimum Gasteiger partial charge on any atom is -0.481 e. The van der Waals surface area contributed by atoms with E-state index in [4.69, 9.17) is 5.11 Å². The minimum absolute atomic E-state index is 0.0107. The lowest BCUT2D eigenvalue weighted by Crippen LogP contribution is -2.42. The highest BCUT2D eigenvalue weighted by molar-refractivity contribution is 5.95. The smallest absolute Gasteiger partial charge is 0.303 e. The fourth-order valence-electron chi connectivity index (χ4n) is 2.84. The lowest BCUT2D eigenvalue weighted by Gasteiger charge is -2.35. The number of nitrogens with one attached hydrogen (secondary N) is 1. The summed E-state index contributed by atoms with van der Waals surface area (Å²) in [6, 6.07) is 0. The highest BCUT2D eigenvalue weighted by Gasteiger charge is 2.29. The number of carboxylic acid groups (broad SMARTS) is 1. The number of hydrogen-bond donors (Lipinski definition) is 2. The average Bonchev–Trinajstić information content (AvgIpc) is 2.83. The molecule has 0 aromatic carbocycles. The molecule has 1 fully saturated rings. The van der Waals surface area contributed by atoms with Crippen molar-refractivity contribution in [3.63, 3.8) is 0 Å². The summed E-state index contributed by atoms with van der Waals surface area (Å²) in [4.78, 5) is 25.1. The van der Waals surface area contributed by atoms with Crippen molar-refractivity contribution in [2.24, 2.45) is 11.8 Å². The van der Waals surface area contributed by atoms with Crippen molar-refractivity contribution in [2.45, 2.75) is 33.1 Å². The normalized spacial score (nSPS) is 20.7. The van der Waals surface area contributed by atoms with Crippen LogP contribution in [0.15, 0.2) is 6.20 Å². The Morgan fingerprint density at radius 1 is 1.60 bits per heavy atom. The van der Waals surface area contributed by atoms with Gasteiger partial charge in [-0.15, -0.1) is 0 Å². The summed E-state index contributed by atoms with van der Waals surface area (Å²) in [6.07, 6.45) is 3.64. The van der Waals surface area contributed by atoms with Crippen molar-refractivity contribution >= 4 is 11.9 Å². The second-order valence-corrected chi connectivity index (χ2v) is 5.64. The van der Waals surface area contributed by atoms with E-state index in [1.54, 1.807) is 6.20 Å². The monoisotopic (exact) mass is 279 g/mol. The van der Waals surface area contributed by atoms with E-state index in [-0.39, 0.29) is 24.2 Å². The lowest BCUT2D eigenvalue weighted by molar-refractivity contribution is -0.138. The number of carbonyl (C=O) groups is 2. The second kappa shape index (κ2) is 6.07. The van der Waals surface area contributed by atoms with E-state index in [0.29, 0.717) is 12.1 Å². The molecule has 2 heterocycles. The Morgan fingerprint density at radius 2 is 2.35 bits per heavy atom. The van der Waals surface area contributed by atoms with E-state index in [9.17, 15) is 9.59 Å². The van der Waals surface area contributed by atoms with Gasteiger partial charge in [0.05, 0.1) is 11.8 Å². The number of rotatable bonds is 4. The average molecular weight is 279 g/mol. The Bertz CT molecular complexity index is 498. The molecule has 1 saturated heterocycles. The quantitative estimate of drug-likeness (QED) is 0.878. The number of likely N-dealkylation sites (tertiary alicyclic amines) is 1. The summed E-state index contributed by atoms with van der Waals surface area (Å²) in [5.74, 6) is -0.431. The summed E-state index contributed by atoms with van der Waals surface area (Å²) in [6.45, 7) is 5.15. The fourth-order valence-corrected chi connectivity index (χ4v) is 2.84. The second-order valence-electron chi connectivity index (χ2n) is 5.64. The molecule has 2 N–H and O–H groups in total. The topological polar surface area (TPSA) is 86.3 Å². The maximum Gasteiger partial charge on any atom is 0.303 e. The Labute approximate surface area is 118 Å². The number of aliphatic carboxylic acids is 1. The molecule has 1 aliphatic heterocycles. The van der Waals surface area contributed by atoms with E-state index < -0.39 is 5.97 Å². The summed E-state index contributed by atoms with van der Waals surface area (Å²) < 4.78 is 0. The van der Waals surface area contributed by atoms with Gasteiger partial charge in [0.1, 0.15) is 0 Å². The van der Waals surface area contributed by atoms with Crippen molar-refractivity contribution in [3.05, 3.63) is 17.5 Å². The van der Waals surface area contributed by atoms with E-state index in [0.717, 1.165) is 25.1 Å². The number of aromatic amines is 1. The van der Waals surface area contributed by atoms with Gasteiger partial charge in [-0.1, -0.05) is 6.92 Å². The Morgan fingerprint density at radius 3 is 2.95 bits per heavy atom.